The molecule has 1 aromatic heterocycles. The fourth-order valence-electron chi connectivity index (χ4n) is 6.99. The van der Waals surface area contributed by atoms with Gasteiger partial charge in [0.2, 0.25) is 5.52 Å². The Morgan fingerprint density at radius 2 is 1.56 bits per heavy atom. The minimum atomic E-state index is -4.60. The van der Waals surface area contributed by atoms with Crippen molar-refractivity contribution in [2.45, 2.75) is 81.6 Å². The van der Waals surface area contributed by atoms with Crippen LogP contribution in [0.4, 0.5) is 5.69 Å². The van der Waals surface area contributed by atoms with E-state index in [1.165, 1.54) is 29.5 Å². The molecule has 16 nitrogen and oxygen atoms in total. The third-order valence-electron chi connectivity index (χ3n) is 9.68. The number of thiazole rings is 1. The Bertz CT molecular complexity index is 2440. The molecule has 0 saturated carbocycles. The van der Waals surface area contributed by atoms with Crippen molar-refractivity contribution in [1.29, 1.82) is 0 Å². The summed E-state index contributed by atoms with van der Waals surface area (Å²) in [4.78, 5) is 42.5. The number of allylic oxidation sites excluding steroid dienone is 5. The van der Waals surface area contributed by atoms with E-state index in [1.807, 2.05) is 52.8 Å². The summed E-state index contributed by atoms with van der Waals surface area (Å²) >= 11 is 1.50. The lowest BCUT2D eigenvalue weighted by atomic mass is 9.77. The van der Waals surface area contributed by atoms with Crippen LogP contribution >= 0.6 is 11.3 Å². The summed E-state index contributed by atoms with van der Waals surface area (Å²) in [5.41, 5.74) is 1.83. The molecule has 1 unspecified atom stereocenters. The highest BCUT2D eigenvalue weighted by molar-refractivity contribution is 7.86. The van der Waals surface area contributed by atoms with Gasteiger partial charge in [0.25, 0.3) is 47.2 Å². The number of nitrogens with zero attached hydrogens (tertiary/aromatic N) is 3. The second-order valence-corrected chi connectivity index (χ2v) is 19.5. The van der Waals surface area contributed by atoms with Crippen molar-refractivity contribution in [3.8, 4) is 0 Å². The molecule has 0 aliphatic carbocycles. The van der Waals surface area contributed by atoms with Crippen LogP contribution in [0, 0.1) is 0 Å². The molecule has 1 atom stereocenters. The standard InChI is InChI=1S/C37H43N3O13S4/c1-37(21-9-3-6-16-36(43)53-40-33(41)19-20-34(40)42)28-26-27(57(50,51)52)17-18-29(28)38(22-10-24-55(44,45)46)32(37)14-4-2-5-15-35-39(23-11-25-56(47,48)49)30-12-7-8-13-31(30)54-35/h2,4-5,7-8,12-15,17-18,26H,3,6,9-11,16,19-25H2,1H3,(H2-,44,45,46,47,48,49,50,51,52)/p+1. The predicted octanol–water partition coefficient (Wildman–Crippen LogP) is 4.78. The van der Waals surface area contributed by atoms with Gasteiger partial charge in [0.05, 0.1) is 16.4 Å². The summed E-state index contributed by atoms with van der Waals surface area (Å²) in [6, 6.07) is 11.8. The van der Waals surface area contributed by atoms with E-state index in [0.29, 0.717) is 54.2 Å². The van der Waals surface area contributed by atoms with Crippen molar-refractivity contribution >= 4 is 81.5 Å². The average molecular weight is 867 g/mol. The van der Waals surface area contributed by atoms with E-state index >= 15 is 0 Å². The summed E-state index contributed by atoms with van der Waals surface area (Å²) in [5.74, 6) is -2.78. The van der Waals surface area contributed by atoms with E-state index in [-0.39, 0.29) is 49.3 Å². The largest absolute Gasteiger partial charge is 0.344 e. The van der Waals surface area contributed by atoms with E-state index in [0.717, 1.165) is 15.2 Å². The molecule has 3 N–H and O–H groups in total. The van der Waals surface area contributed by atoms with Crippen molar-refractivity contribution in [1.82, 2.24) is 5.06 Å². The predicted molar refractivity (Wildman–Crippen MR) is 212 cm³/mol. The number of aryl methyl sites for hydroxylation is 1. The number of amides is 2. The molecule has 2 aliphatic heterocycles. The lowest BCUT2D eigenvalue weighted by molar-refractivity contribution is -0.668. The maximum Gasteiger partial charge on any atom is 0.333 e. The molecule has 308 valence electrons. The number of hydrogen-bond acceptors (Lipinski definition) is 12. The number of para-hydroxylation sites is 1. The van der Waals surface area contributed by atoms with Gasteiger partial charge in [0.1, 0.15) is 4.70 Å². The lowest BCUT2D eigenvalue weighted by Crippen LogP contribution is -2.35. The van der Waals surface area contributed by atoms with Gasteiger partial charge in [-0.1, -0.05) is 54.5 Å². The number of benzene rings is 2. The second kappa shape index (κ2) is 18.1. The van der Waals surface area contributed by atoms with Crippen LogP contribution in [-0.4, -0.2) is 79.8 Å². The normalized spacial score (nSPS) is 18.6. The number of aromatic nitrogens is 1. The summed E-state index contributed by atoms with van der Waals surface area (Å²) in [7, 11) is -13.0. The monoisotopic (exact) mass is 866 g/mol. The van der Waals surface area contributed by atoms with Crippen LogP contribution in [0.25, 0.3) is 16.3 Å². The molecule has 1 saturated heterocycles. The number of hydrogen-bond donors (Lipinski definition) is 3. The number of rotatable bonds is 19. The third-order valence-corrected chi connectivity index (χ3v) is 13.3. The highest BCUT2D eigenvalue weighted by atomic mass is 32.2. The maximum absolute atomic E-state index is 12.4. The fraction of sp³-hybridized carbons (Fsp3) is 0.405. The first kappa shape index (κ1) is 43.8. The second-order valence-electron chi connectivity index (χ2n) is 13.9. The van der Waals surface area contributed by atoms with Gasteiger partial charge >= 0.3 is 5.97 Å². The first-order chi connectivity index (χ1) is 26.8. The van der Waals surface area contributed by atoms with Gasteiger partial charge in [-0.15, -0.1) is 5.06 Å². The minimum absolute atomic E-state index is 0.0203. The van der Waals surface area contributed by atoms with Gasteiger partial charge in [-0.05, 0) is 62.1 Å². The number of fused-ring (bicyclic) bond motifs is 2. The first-order valence-corrected chi connectivity index (χ1v) is 23.6. The molecule has 57 heavy (non-hydrogen) atoms. The summed E-state index contributed by atoms with van der Waals surface area (Å²) < 4.78 is 102. The van der Waals surface area contributed by atoms with Gasteiger partial charge in [0, 0.05) is 61.2 Å². The molecular formula is C37H44N3O13S4+. The molecule has 2 aliphatic rings. The van der Waals surface area contributed by atoms with Crippen LogP contribution in [0.5, 0.6) is 0 Å². The summed E-state index contributed by atoms with van der Waals surface area (Å²) in [6.45, 7) is 2.37. The molecule has 0 spiro atoms. The fourth-order valence-corrected chi connectivity index (χ4v) is 9.59. The Morgan fingerprint density at radius 3 is 2.25 bits per heavy atom. The zero-order valence-electron chi connectivity index (χ0n) is 31.0. The number of carbonyl (C=O) groups is 3. The van der Waals surface area contributed by atoms with E-state index in [2.05, 4.69) is 0 Å². The average Bonchev–Trinajstić information content (AvgIpc) is 3.71. The maximum atomic E-state index is 12.4. The van der Waals surface area contributed by atoms with Gasteiger partial charge in [0.15, 0.2) is 6.54 Å². The molecule has 5 rings (SSSR count). The third kappa shape index (κ3) is 11.4. The SMILES string of the molecule is CC1(CCCCCC(=O)ON2C(=O)CCC2=O)/C(=C/C=C/C=C/c2sc3ccccc3[n+]2CCCS(=O)(=O)O)N(CCCS(=O)(=O)O)c2ccc(S(=O)(=O)O)cc21. The zero-order valence-corrected chi connectivity index (χ0v) is 34.3. The van der Waals surface area contributed by atoms with Crippen molar-refractivity contribution in [2.75, 3.05) is 23.0 Å². The number of hydroxylamine groups is 2. The molecular weight excluding hydrogens is 823 g/mol. The minimum Gasteiger partial charge on any atom is -0.344 e. The van der Waals surface area contributed by atoms with Crippen LogP contribution in [0.1, 0.15) is 75.3 Å². The number of unbranched alkanes of at least 4 members (excludes halogenated alkanes) is 2. The Balaban J connectivity index is 1.41. The van der Waals surface area contributed by atoms with Crippen LogP contribution in [-0.2, 0) is 61.5 Å². The van der Waals surface area contributed by atoms with Crippen molar-refractivity contribution in [3.63, 3.8) is 0 Å². The molecule has 20 heteroatoms. The van der Waals surface area contributed by atoms with E-state index in [4.69, 9.17) is 4.84 Å². The van der Waals surface area contributed by atoms with Crippen LogP contribution in [0.15, 0.2) is 77.4 Å². The lowest BCUT2D eigenvalue weighted by Gasteiger charge is -2.30. The number of imide groups is 1. The Kier molecular flexibility index (Phi) is 13.9. The van der Waals surface area contributed by atoms with Crippen LogP contribution in [0.3, 0.4) is 0 Å². The van der Waals surface area contributed by atoms with Gasteiger partial charge < -0.3 is 9.74 Å². The van der Waals surface area contributed by atoms with Gasteiger partial charge in [-0.25, -0.2) is 4.79 Å². The van der Waals surface area contributed by atoms with E-state index in [9.17, 15) is 53.3 Å². The highest BCUT2D eigenvalue weighted by Crippen LogP contribution is 2.51. The molecule has 1 fully saturated rings. The number of anilines is 1. The molecule has 2 aromatic carbocycles. The molecule has 0 bridgehead atoms. The molecule has 3 aromatic rings. The zero-order chi connectivity index (χ0) is 41.6. The molecule has 3 heterocycles. The quantitative estimate of drug-likeness (QED) is 0.0484. The summed E-state index contributed by atoms with van der Waals surface area (Å²) in [5, 5.41) is 1.32. The van der Waals surface area contributed by atoms with Crippen LogP contribution in [0.2, 0.25) is 0 Å². The number of carbonyl (C=O) groups excluding carboxylic acids is 3. The molecule has 0 radical (unpaired) electrons. The topological polar surface area (TPSA) is 234 Å². The van der Waals surface area contributed by atoms with E-state index < -0.39 is 59.3 Å². The Morgan fingerprint density at radius 1 is 0.877 bits per heavy atom. The van der Waals surface area contributed by atoms with E-state index in [1.54, 1.807) is 18.2 Å². The summed E-state index contributed by atoms with van der Waals surface area (Å²) in [6.07, 6.45) is 10.9. The van der Waals surface area contributed by atoms with Crippen molar-refractivity contribution < 1.29 is 62.7 Å². The van der Waals surface area contributed by atoms with Crippen molar-refractivity contribution in [3.05, 3.63) is 83.0 Å². The highest BCUT2D eigenvalue weighted by Gasteiger charge is 2.43. The van der Waals surface area contributed by atoms with Crippen LogP contribution < -0.4 is 9.47 Å². The molecule has 2 amide bonds. The smallest absolute Gasteiger partial charge is 0.333 e. The van der Waals surface area contributed by atoms with Gasteiger partial charge in [-0.2, -0.15) is 29.8 Å². The Labute approximate surface area is 335 Å². The Hall–Kier alpha value is -4.31. The van der Waals surface area contributed by atoms with Gasteiger partial charge in [-0.3, -0.25) is 23.2 Å². The first-order valence-electron chi connectivity index (χ1n) is 18.1. The van der Waals surface area contributed by atoms with Crippen molar-refractivity contribution in [2.24, 2.45) is 0 Å².